The van der Waals surface area contributed by atoms with Gasteiger partial charge in [0.2, 0.25) is 0 Å². The van der Waals surface area contributed by atoms with Crippen LogP contribution in [0.2, 0.25) is 0 Å². The maximum Gasteiger partial charge on any atom is 0.0344 e. The molecule has 0 radical (unpaired) electrons. The summed E-state index contributed by atoms with van der Waals surface area (Å²) in [5.41, 5.74) is 11.5. The minimum Gasteiger partial charge on any atom is -0.324 e. The molecule has 0 fully saturated rings. The zero-order valence-electron chi connectivity index (χ0n) is 11.3. The quantitative estimate of drug-likeness (QED) is 0.880. The van der Waals surface area contributed by atoms with E-state index >= 15 is 0 Å². The molecule has 2 aromatic rings. The van der Waals surface area contributed by atoms with Crippen molar-refractivity contribution in [2.75, 3.05) is 0 Å². The average Bonchev–Trinajstić information content (AvgIpc) is 2.76. The molecule has 0 saturated heterocycles. The average molecular weight is 252 g/mol. The molecule has 19 heavy (non-hydrogen) atoms. The zero-order chi connectivity index (χ0) is 13.2. The molecule has 2 atom stereocenters. The molecule has 2 aromatic carbocycles. The summed E-state index contributed by atoms with van der Waals surface area (Å²) < 4.78 is 0. The van der Waals surface area contributed by atoms with Crippen molar-refractivity contribution < 1.29 is 0 Å². The molecule has 3 N–H and O–H groups in total. The molecule has 0 bridgehead atoms. The molecule has 0 amide bonds. The Balaban J connectivity index is 1.70. The Labute approximate surface area is 114 Å². The smallest absolute Gasteiger partial charge is 0.0344 e. The van der Waals surface area contributed by atoms with Gasteiger partial charge in [-0.05, 0) is 30.0 Å². The summed E-state index contributed by atoms with van der Waals surface area (Å²) in [4.78, 5) is 0. The van der Waals surface area contributed by atoms with Crippen LogP contribution < -0.4 is 11.1 Å². The zero-order valence-corrected chi connectivity index (χ0v) is 11.3. The van der Waals surface area contributed by atoms with E-state index in [2.05, 4.69) is 60.8 Å². The van der Waals surface area contributed by atoms with Gasteiger partial charge in [0, 0.05) is 18.6 Å². The van der Waals surface area contributed by atoms with Crippen LogP contribution in [-0.4, -0.2) is 0 Å². The van der Waals surface area contributed by atoms with Crippen molar-refractivity contribution in [3.05, 3.63) is 70.8 Å². The van der Waals surface area contributed by atoms with Crippen LogP contribution in [0.25, 0.3) is 0 Å². The molecule has 1 aliphatic rings. The van der Waals surface area contributed by atoms with Gasteiger partial charge in [0.1, 0.15) is 0 Å². The second-order valence-corrected chi connectivity index (χ2v) is 5.39. The van der Waals surface area contributed by atoms with Crippen LogP contribution >= 0.6 is 0 Å². The van der Waals surface area contributed by atoms with E-state index in [4.69, 9.17) is 5.73 Å². The molecule has 0 heterocycles. The summed E-state index contributed by atoms with van der Waals surface area (Å²) >= 11 is 0. The molecule has 0 spiro atoms. The Hall–Kier alpha value is -1.64. The van der Waals surface area contributed by atoms with E-state index in [0.29, 0.717) is 6.04 Å². The van der Waals surface area contributed by atoms with Crippen LogP contribution in [-0.2, 0) is 6.54 Å². The lowest BCUT2D eigenvalue weighted by Gasteiger charge is -2.14. The highest BCUT2D eigenvalue weighted by atomic mass is 14.9. The number of hydrogen-bond donors (Lipinski definition) is 2. The second kappa shape index (κ2) is 5.16. The van der Waals surface area contributed by atoms with Crippen LogP contribution in [0.4, 0.5) is 0 Å². The van der Waals surface area contributed by atoms with E-state index in [0.717, 1.165) is 13.0 Å². The third-order valence-electron chi connectivity index (χ3n) is 3.93. The van der Waals surface area contributed by atoms with E-state index in [1.165, 1.54) is 22.3 Å². The minimum atomic E-state index is 0.173. The first-order chi connectivity index (χ1) is 9.24. The Morgan fingerprint density at radius 1 is 1.05 bits per heavy atom. The van der Waals surface area contributed by atoms with E-state index in [1.54, 1.807) is 0 Å². The molecule has 0 saturated carbocycles. The molecular weight excluding hydrogens is 232 g/mol. The van der Waals surface area contributed by atoms with Crippen LogP contribution in [0.3, 0.4) is 0 Å². The summed E-state index contributed by atoms with van der Waals surface area (Å²) in [5.74, 6) is 0. The molecule has 2 heteroatoms. The number of aryl methyl sites for hydroxylation is 1. The van der Waals surface area contributed by atoms with Gasteiger partial charge in [0.15, 0.2) is 0 Å². The van der Waals surface area contributed by atoms with Gasteiger partial charge >= 0.3 is 0 Å². The molecular formula is C17H20N2. The topological polar surface area (TPSA) is 38.0 Å². The number of benzene rings is 2. The maximum absolute atomic E-state index is 6.19. The van der Waals surface area contributed by atoms with E-state index < -0.39 is 0 Å². The number of nitrogens with two attached hydrogens (primary N) is 1. The lowest BCUT2D eigenvalue weighted by atomic mass is 10.1. The Morgan fingerprint density at radius 3 is 2.47 bits per heavy atom. The SMILES string of the molecule is Cc1ccc(CNC2CC(N)c3ccccc32)cc1. The van der Waals surface area contributed by atoms with Gasteiger partial charge in [-0.1, -0.05) is 54.1 Å². The molecule has 2 unspecified atom stereocenters. The van der Waals surface area contributed by atoms with Crippen molar-refractivity contribution in [2.24, 2.45) is 5.73 Å². The summed E-state index contributed by atoms with van der Waals surface area (Å²) in [5, 5.41) is 3.62. The summed E-state index contributed by atoms with van der Waals surface area (Å²) in [6, 6.07) is 17.7. The van der Waals surface area contributed by atoms with Gasteiger partial charge in [-0.15, -0.1) is 0 Å². The third kappa shape index (κ3) is 2.55. The van der Waals surface area contributed by atoms with Crippen molar-refractivity contribution in [3.8, 4) is 0 Å². The van der Waals surface area contributed by atoms with Gasteiger partial charge in [0.05, 0.1) is 0 Å². The van der Waals surface area contributed by atoms with Crippen molar-refractivity contribution in [2.45, 2.75) is 32.0 Å². The van der Waals surface area contributed by atoms with E-state index in [1.807, 2.05) is 0 Å². The summed E-state index contributed by atoms with van der Waals surface area (Å²) in [6.07, 6.45) is 0.991. The molecule has 0 aromatic heterocycles. The van der Waals surface area contributed by atoms with Crippen LogP contribution in [0, 0.1) is 6.92 Å². The van der Waals surface area contributed by atoms with Crippen molar-refractivity contribution in [1.29, 1.82) is 0 Å². The highest BCUT2D eigenvalue weighted by Gasteiger charge is 2.27. The van der Waals surface area contributed by atoms with Crippen LogP contribution in [0.1, 0.15) is 40.8 Å². The van der Waals surface area contributed by atoms with Gasteiger partial charge in [-0.25, -0.2) is 0 Å². The molecule has 0 aliphatic heterocycles. The largest absolute Gasteiger partial charge is 0.324 e. The third-order valence-corrected chi connectivity index (χ3v) is 3.93. The predicted octanol–water partition coefficient (Wildman–Crippen LogP) is 3.23. The molecule has 2 nitrogen and oxygen atoms in total. The monoisotopic (exact) mass is 252 g/mol. The number of hydrogen-bond acceptors (Lipinski definition) is 2. The Kier molecular flexibility index (Phi) is 3.36. The molecule has 3 rings (SSSR count). The first-order valence-corrected chi connectivity index (χ1v) is 6.87. The number of fused-ring (bicyclic) bond motifs is 1. The van der Waals surface area contributed by atoms with Crippen molar-refractivity contribution in [3.63, 3.8) is 0 Å². The second-order valence-electron chi connectivity index (χ2n) is 5.39. The number of rotatable bonds is 3. The first kappa shape index (κ1) is 12.4. The molecule has 1 aliphatic carbocycles. The fourth-order valence-corrected chi connectivity index (χ4v) is 2.81. The van der Waals surface area contributed by atoms with Crippen LogP contribution in [0.15, 0.2) is 48.5 Å². The fraction of sp³-hybridized carbons (Fsp3) is 0.294. The van der Waals surface area contributed by atoms with Gasteiger partial charge in [-0.2, -0.15) is 0 Å². The Morgan fingerprint density at radius 2 is 1.74 bits per heavy atom. The fourth-order valence-electron chi connectivity index (χ4n) is 2.81. The lowest BCUT2D eigenvalue weighted by molar-refractivity contribution is 0.498. The van der Waals surface area contributed by atoms with Crippen molar-refractivity contribution in [1.82, 2.24) is 5.32 Å². The van der Waals surface area contributed by atoms with E-state index in [9.17, 15) is 0 Å². The normalized spacial score (nSPS) is 21.4. The summed E-state index contributed by atoms with van der Waals surface area (Å²) in [6.45, 7) is 3.01. The highest BCUT2D eigenvalue weighted by molar-refractivity contribution is 5.37. The first-order valence-electron chi connectivity index (χ1n) is 6.87. The minimum absolute atomic E-state index is 0.173. The highest BCUT2D eigenvalue weighted by Crippen LogP contribution is 2.36. The van der Waals surface area contributed by atoms with Gasteiger partial charge in [0.25, 0.3) is 0 Å². The number of nitrogens with one attached hydrogen (secondary N) is 1. The maximum atomic E-state index is 6.19. The standard InChI is InChI=1S/C17H20N2/c1-12-6-8-13(9-7-12)11-19-17-10-16(18)14-4-2-3-5-15(14)17/h2-9,16-17,19H,10-11,18H2,1H3. The van der Waals surface area contributed by atoms with Gasteiger partial charge < -0.3 is 11.1 Å². The van der Waals surface area contributed by atoms with Gasteiger partial charge in [-0.3, -0.25) is 0 Å². The predicted molar refractivity (Wildman–Crippen MR) is 78.7 cm³/mol. The van der Waals surface area contributed by atoms with Crippen LogP contribution in [0.5, 0.6) is 0 Å². The summed E-state index contributed by atoms with van der Waals surface area (Å²) in [7, 11) is 0. The lowest BCUT2D eigenvalue weighted by Crippen LogP contribution is -2.19. The molecule has 98 valence electrons. The Bertz CT molecular complexity index is 560. The van der Waals surface area contributed by atoms with E-state index in [-0.39, 0.29) is 6.04 Å². The van der Waals surface area contributed by atoms with Crippen molar-refractivity contribution >= 4 is 0 Å².